The van der Waals surface area contributed by atoms with Crippen LogP contribution in [0.15, 0.2) is 17.1 Å². The van der Waals surface area contributed by atoms with Crippen molar-refractivity contribution in [3.8, 4) is 0 Å². The minimum atomic E-state index is -5.73. The van der Waals surface area contributed by atoms with Crippen LogP contribution in [0.3, 0.4) is 0 Å². The predicted octanol–water partition coefficient (Wildman–Crippen LogP) is -0.00960. The van der Waals surface area contributed by atoms with Gasteiger partial charge in [-0.25, -0.2) is 18.5 Å². The Labute approximate surface area is 185 Å². The summed E-state index contributed by atoms with van der Waals surface area (Å²) < 4.78 is 52.5. The van der Waals surface area contributed by atoms with Crippen molar-refractivity contribution in [2.24, 2.45) is 0 Å². The molecule has 32 heavy (non-hydrogen) atoms. The summed E-state index contributed by atoms with van der Waals surface area (Å²) in [5.74, 6) is -0.104. The van der Waals surface area contributed by atoms with Gasteiger partial charge in [0.05, 0.1) is 13.2 Å². The van der Waals surface area contributed by atoms with Crippen LogP contribution < -0.4 is 11.4 Å². The lowest BCUT2D eigenvalue weighted by atomic mass is 9.90. The molecule has 1 aliphatic heterocycles. The van der Waals surface area contributed by atoms with Gasteiger partial charge in [-0.2, -0.15) is 13.6 Å². The number of halogens is 1. The van der Waals surface area contributed by atoms with Crippen molar-refractivity contribution in [3.63, 3.8) is 0 Å². The van der Waals surface area contributed by atoms with Gasteiger partial charge < -0.3 is 35.2 Å². The van der Waals surface area contributed by atoms with E-state index in [0.29, 0.717) is 6.42 Å². The standard InChI is InChI=1S/C12H21ClN3O13P3/c1-2-4-11(6-27-31(22,23)29-32(24,25)28-30(19,20)21)9(17)12(13,7-26-11)16-5-3-8(14)15-10(16)18/h3,5,9,17H,2,4,6-7H2,1H3,(H,22,23)(H,24,25)(H2,14,15,18)(H2,19,20,21)/t9-,11-,12+/m1/s1. The van der Waals surface area contributed by atoms with Crippen molar-refractivity contribution in [3.05, 3.63) is 22.7 Å². The van der Waals surface area contributed by atoms with Crippen LogP contribution in [0.25, 0.3) is 0 Å². The van der Waals surface area contributed by atoms with Gasteiger partial charge in [0.25, 0.3) is 0 Å². The van der Waals surface area contributed by atoms with Gasteiger partial charge in [0.15, 0.2) is 5.00 Å². The minimum absolute atomic E-state index is 0.0322. The summed E-state index contributed by atoms with van der Waals surface area (Å²) >= 11 is 6.45. The van der Waals surface area contributed by atoms with E-state index in [0.717, 1.165) is 10.8 Å². The quantitative estimate of drug-likeness (QED) is 0.168. The van der Waals surface area contributed by atoms with Crippen LogP contribution in [0.1, 0.15) is 19.8 Å². The summed E-state index contributed by atoms with van der Waals surface area (Å²) in [6.45, 7) is 0.228. The Morgan fingerprint density at radius 3 is 2.44 bits per heavy atom. The molecule has 20 heteroatoms. The first-order chi connectivity index (χ1) is 14.5. The van der Waals surface area contributed by atoms with Gasteiger partial charge in [0, 0.05) is 6.20 Å². The number of aliphatic hydroxyl groups is 1. The second-order valence-electron chi connectivity index (χ2n) is 6.69. The van der Waals surface area contributed by atoms with E-state index in [-0.39, 0.29) is 12.2 Å². The SMILES string of the molecule is CCC[C@]1(COP(=O)(O)OP(=O)(O)OP(=O)(O)O)OC[C@](Cl)(n2ccc(N)nc2=O)[C@@H]1O. The number of nitrogens with two attached hydrogens (primary N) is 1. The van der Waals surface area contributed by atoms with Gasteiger partial charge in [-0.1, -0.05) is 24.9 Å². The summed E-state index contributed by atoms with van der Waals surface area (Å²) in [6, 6.07) is 1.24. The first kappa shape index (κ1) is 27.5. The second kappa shape index (κ2) is 9.51. The maximum absolute atomic E-state index is 12.2. The molecule has 16 nitrogen and oxygen atoms in total. The Kier molecular flexibility index (Phi) is 8.19. The second-order valence-corrected chi connectivity index (χ2v) is 11.8. The number of anilines is 1. The first-order valence-corrected chi connectivity index (χ1v) is 13.5. The molecule has 5 atom stereocenters. The van der Waals surface area contributed by atoms with E-state index < -0.39 is 59.1 Å². The zero-order valence-electron chi connectivity index (χ0n) is 16.3. The molecule has 0 spiro atoms. The molecule has 1 aromatic rings. The van der Waals surface area contributed by atoms with Crippen molar-refractivity contribution in [2.45, 2.75) is 36.5 Å². The van der Waals surface area contributed by atoms with E-state index in [4.69, 9.17) is 31.9 Å². The highest BCUT2D eigenvalue weighted by molar-refractivity contribution is 7.66. The Hall–Kier alpha value is -0.700. The molecule has 7 N–H and O–H groups in total. The highest BCUT2D eigenvalue weighted by Crippen LogP contribution is 2.66. The average molecular weight is 544 g/mol. The van der Waals surface area contributed by atoms with E-state index in [9.17, 15) is 33.4 Å². The molecule has 0 bridgehead atoms. The molecule has 1 saturated heterocycles. The van der Waals surface area contributed by atoms with Gasteiger partial charge in [-0.3, -0.25) is 9.09 Å². The van der Waals surface area contributed by atoms with Crippen molar-refractivity contribution < 1.29 is 56.3 Å². The fourth-order valence-corrected chi connectivity index (χ4v) is 6.48. The van der Waals surface area contributed by atoms with Crippen molar-refractivity contribution in [1.29, 1.82) is 0 Å². The maximum atomic E-state index is 12.2. The summed E-state index contributed by atoms with van der Waals surface area (Å²) in [7, 11) is -16.8. The number of phosphoric acid groups is 3. The molecular weight excluding hydrogens is 523 g/mol. The third-order valence-corrected chi connectivity index (χ3v) is 8.55. The molecule has 1 aromatic heterocycles. The number of hydrogen-bond acceptors (Lipinski definition) is 11. The number of nitrogen functional groups attached to an aromatic ring is 1. The summed E-state index contributed by atoms with van der Waals surface area (Å²) in [5, 5.41) is 10.9. The number of phosphoric ester groups is 1. The number of alkyl halides is 1. The molecular formula is C12H21ClN3O13P3. The minimum Gasteiger partial charge on any atom is -0.386 e. The molecule has 2 unspecified atom stereocenters. The normalized spacial score (nSPS) is 30.0. The molecule has 0 radical (unpaired) electrons. The molecule has 2 rings (SSSR count). The Bertz CT molecular complexity index is 1050. The summed E-state index contributed by atoms with van der Waals surface area (Å²) in [6.07, 6.45) is -0.296. The summed E-state index contributed by atoms with van der Waals surface area (Å²) in [4.78, 5) is 49.8. The van der Waals surface area contributed by atoms with Gasteiger partial charge in [0.1, 0.15) is 17.5 Å². The predicted molar refractivity (Wildman–Crippen MR) is 106 cm³/mol. The van der Waals surface area contributed by atoms with Crippen molar-refractivity contribution >= 4 is 40.9 Å². The molecule has 1 aliphatic rings. The maximum Gasteiger partial charge on any atom is 0.490 e. The van der Waals surface area contributed by atoms with Gasteiger partial charge in [-0.15, -0.1) is 0 Å². The Morgan fingerprint density at radius 2 is 1.91 bits per heavy atom. The van der Waals surface area contributed by atoms with E-state index in [2.05, 4.69) is 18.1 Å². The zero-order chi connectivity index (χ0) is 24.6. The average Bonchev–Trinajstić information content (AvgIpc) is 2.84. The molecule has 2 heterocycles. The van der Waals surface area contributed by atoms with Crippen LogP contribution in [0.5, 0.6) is 0 Å². The zero-order valence-corrected chi connectivity index (χ0v) is 19.7. The number of ether oxygens (including phenoxy) is 1. The summed E-state index contributed by atoms with van der Waals surface area (Å²) in [5.41, 5.74) is 2.72. The molecule has 1 fully saturated rings. The topological polar surface area (TPSA) is 250 Å². The third kappa shape index (κ3) is 6.45. The van der Waals surface area contributed by atoms with Crippen LogP contribution in [-0.4, -0.2) is 59.2 Å². The number of nitrogens with zero attached hydrogens (tertiary/aromatic N) is 2. The Balaban J connectivity index is 2.26. The largest absolute Gasteiger partial charge is 0.490 e. The van der Waals surface area contributed by atoms with E-state index >= 15 is 0 Å². The van der Waals surface area contributed by atoms with Crippen LogP contribution in [-0.2, 0) is 36.6 Å². The number of hydrogen-bond donors (Lipinski definition) is 6. The lowest BCUT2D eigenvalue weighted by Gasteiger charge is -2.35. The lowest BCUT2D eigenvalue weighted by molar-refractivity contribution is -0.0956. The fraction of sp³-hybridized carbons (Fsp3) is 0.667. The van der Waals surface area contributed by atoms with Gasteiger partial charge in [-0.05, 0) is 12.5 Å². The highest BCUT2D eigenvalue weighted by atomic mass is 35.5. The Morgan fingerprint density at radius 1 is 1.28 bits per heavy atom. The van der Waals surface area contributed by atoms with Gasteiger partial charge >= 0.3 is 29.2 Å². The van der Waals surface area contributed by atoms with Gasteiger partial charge in [0.2, 0.25) is 0 Å². The first-order valence-electron chi connectivity index (χ1n) is 8.60. The number of aromatic nitrogens is 2. The van der Waals surface area contributed by atoms with Crippen LogP contribution >= 0.6 is 35.1 Å². The molecule has 0 amide bonds. The van der Waals surface area contributed by atoms with Crippen LogP contribution in [0, 0.1) is 0 Å². The van der Waals surface area contributed by atoms with Crippen LogP contribution in [0.4, 0.5) is 5.82 Å². The third-order valence-electron chi connectivity index (χ3n) is 4.27. The molecule has 184 valence electrons. The van der Waals surface area contributed by atoms with Crippen molar-refractivity contribution in [2.75, 3.05) is 18.9 Å². The lowest BCUT2D eigenvalue weighted by Crippen LogP contribution is -2.53. The van der Waals surface area contributed by atoms with E-state index in [1.54, 1.807) is 6.92 Å². The fourth-order valence-electron chi connectivity index (χ4n) is 3.03. The number of aliphatic hydroxyl groups excluding tert-OH is 1. The molecule has 0 aromatic carbocycles. The number of rotatable bonds is 10. The van der Waals surface area contributed by atoms with E-state index in [1.165, 1.54) is 6.07 Å². The van der Waals surface area contributed by atoms with Crippen molar-refractivity contribution in [1.82, 2.24) is 9.55 Å². The monoisotopic (exact) mass is 543 g/mol. The molecule has 0 aliphatic carbocycles. The van der Waals surface area contributed by atoms with E-state index in [1.807, 2.05) is 0 Å². The van der Waals surface area contributed by atoms with Crippen LogP contribution in [0.2, 0.25) is 0 Å². The molecule has 0 saturated carbocycles. The smallest absolute Gasteiger partial charge is 0.386 e. The highest BCUT2D eigenvalue weighted by Gasteiger charge is 2.59.